The van der Waals surface area contributed by atoms with Gasteiger partial charge < -0.3 is 14.2 Å². The Morgan fingerprint density at radius 3 is 2.21 bits per heavy atom. The Morgan fingerprint density at radius 1 is 1.00 bits per heavy atom. The van der Waals surface area contributed by atoms with Gasteiger partial charge >= 0.3 is 0 Å². The number of unbranched alkanes of at least 4 members (excludes halogenated alkanes) is 2. The summed E-state index contributed by atoms with van der Waals surface area (Å²) < 4.78 is 45.4. The van der Waals surface area contributed by atoms with Crippen molar-refractivity contribution < 1.29 is 23.0 Å². The Labute approximate surface area is 165 Å². The van der Waals surface area contributed by atoms with Gasteiger partial charge in [-0.2, -0.15) is 0 Å². The van der Waals surface area contributed by atoms with E-state index in [-0.39, 0.29) is 5.56 Å². The number of benzene rings is 2. The molecule has 3 rings (SSSR count). The third kappa shape index (κ3) is 4.96. The molecule has 1 atom stereocenters. The number of rotatable bonds is 8. The minimum atomic E-state index is -0.814. The molecule has 1 unspecified atom stereocenters. The molecular formula is C23H28F2O3. The van der Waals surface area contributed by atoms with Crippen LogP contribution in [0.4, 0.5) is 8.78 Å². The first-order valence-corrected chi connectivity index (χ1v) is 9.93. The standard InChI is InChI=1S/C23H28F2O3/c1-3-4-5-7-16-14-27-23(28-15-16)18-12-10-17(11-13-18)22(26-2)21-19(24)8-6-9-20(21)25/h6,8-13,16,22-23H,3-5,7,14-15H2,1-2H3. The minimum Gasteiger partial charge on any atom is -0.372 e. The van der Waals surface area contributed by atoms with E-state index in [0.717, 1.165) is 12.0 Å². The molecule has 1 fully saturated rings. The van der Waals surface area contributed by atoms with Gasteiger partial charge in [-0.15, -0.1) is 0 Å². The topological polar surface area (TPSA) is 27.7 Å². The fourth-order valence-corrected chi connectivity index (χ4v) is 3.60. The highest BCUT2D eigenvalue weighted by Crippen LogP contribution is 2.32. The van der Waals surface area contributed by atoms with Crippen LogP contribution in [0.3, 0.4) is 0 Å². The zero-order chi connectivity index (χ0) is 19.9. The van der Waals surface area contributed by atoms with E-state index in [9.17, 15) is 8.78 Å². The van der Waals surface area contributed by atoms with E-state index in [0.29, 0.717) is 24.7 Å². The van der Waals surface area contributed by atoms with Crippen LogP contribution in [0.1, 0.15) is 61.7 Å². The van der Waals surface area contributed by atoms with Crippen LogP contribution in [0.2, 0.25) is 0 Å². The molecule has 1 saturated heterocycles. The monoisotopic (exact) mass is 390 g/mol. The van der Waals surface area contributed by atoms with Gasteiger partial charge in [0.1, 0.15) is 17.7 Å². The lowest BCUT2D eigenvalue weighted by Crippen LogP contribution is -2.27. The van der Waals surface area contributed by atoms with E-state index in [4.69, 9.17) is 14.2 Å². The van der Waals surface area contributed by atoms with Crippen LogP contribution in [-0.2, 0) is 14.2 Å². The number of methoxy groups -OCH3 is 1. The highest BCUT2D eigenvalue weighted by molar-refractivity contribution is 5.34. The molecule has 5 heteroatoms. The number of halogens is 2. The van der Waals surface area contributed by atoms with Crippen molar-refractivity contribution in [3.05, 3.63) is 70.8 Å². The fourth-order valence-electron chi connectivity index (χ4n) is 3.60. The van der Waals surface area contributed by atoms with Gasteiger partial charge in [0.05, 0.1) is 18.8 Å². The van der Waals surface area contributed by atoms with Crippen molar-refractivity contribution in [3.63, 3.8) is 0 Å². The molecule has 0 amide bonds. The zero-order valence-electron chi connectivity index (χ0n) is 16.5. The Bertz CT molecular complexity index is 720. The lowest BCUT2D eigenvalue weighted by Gasteiger charge is -2.30. The van der Waals surface area contributed by atoms with Crippen molar-refractivity contribution in [2.75, 3.05) is 20.3 Å². The quantitative estimate of drug-likeness (QED) is 0.522. The van der Waals surface area contributed by atoms with Gasteiger partial charge in [0, 0.05) is 18.6 Å². The second-order valence-corrected chi connectivity index (χ2v) is 7.28. The predicted octanol–water partition coefficient (Wildman–Crippen LogP) is 5.94. The first-order valence-electron chi connectivity index (χ1n) is 9.93. The highest BCUT2D eigenvalue weighted by atomic mass is 19.1. The molecule has 28 heavy (non-hydrogen) atoms. The van der Waals surface area contributed by atoms with Crippen molar-refractivity contribution in [1.29, 1.82) is 0 Å². The second kappa shape index (κ2) is 10.1. The number of ether oxygens (including phenoxy) is 3. The molecule has 0 N–H and O–H groups in total. The second-order valence-electron chi connectivity index (χ2n) is 7.28. The third-order valence-corrected chi connectivity index (χ3v) is 5.19. The summed E-state index contributed by atoms with van der Waals surface area (Å²) in [6.07, 6.45) is 3.57. The molecule has 152 valence electrons. The van der Waals surface area contributed by atoms with Gasteiger partial charge in [0.25, 0.3) is 0 Å². The van der Waals surface area contributed by atoms with Gasteiger partial charge in [-0.05, 0) is 24.1 Å². The van der Waals surface area contributed by atoms with E-state index in [1.54, 1.807) is 12.1 Å². The first kappa shape index (κ1) is 20.9. The largest absolute Gasteiger partial charge is 0.372 e. The molecule has 1 aliphatic rings. The van der Waals surface area contributed by atoms with E-state index in [1.165, 1.54) is 44.6 Å². The van der Waals surface area contributed by atoms with Crippen molar-refractivity contribution in [1.82, 2.24) is 0 Å². The van der Waals surface area contributed by atoms with E-state index >= 15 is 0 Å². The highest BCUT2D eigenvalue weighted by Gasteiger charge is 2.25. The molecule has 1 heterocycles. The Hall–Kier alpha value is -1.82. The minimum absolute atomic E-state index is 0.0853. The Kier molecular flexibility index (Phi) is 7.54. The van der Waals surface area contributed by atoms with Crippen LogP contribution in [0, 0.1) is 17.6 Å². The predicted molar refractivity (Wildman–Crippen MR) is 104 cm³/mol. The molecule has 0 bridgehead atoms. The van der Waals surface area contributed by atoms with Gasteiger partial charge in [0.2, 0.25) is 0 Å². The van der Waals surface area contributed by atoms with Gasteiger partial charge in [-0.3, -0.25) is 0 Å². The zero-order valence-corrected chi connectivity index (χ0v) is 16.5. The molecule has 0 spiro atoms. The molecule has 0 aliphatic carbocycles. The lowest BCUT2D eigenvalue weighted by molar-refractivity contribution is -0.206. The Morgan fingerprint density at radius 2 is 1.64 bits per heavy atom. The van der Waals surface area contributed by atoms with Crippen LogP contribution in [0.15, 0.2) is 42.5 Å². The normalized spacial score (nSPS) is 20.9. The summed E-state index contributed by atoms with van der Waals surface area (Å²) in [5, 5.41) is 0. The SMILES string of the molecule is CCCCCC1COC(c2ccc(C(OC)c3c(F)cccc3F)cc2)OC1. The van der Waals surface area contributed by atoms with Gasteiger partial charge in [0.15, 0.2) is 6.29 Å². The molecule has 0 aromatic heterocycles. The summed E-state index contributed by atoms with van der Waals surface area (Å²) in [6, 6.07) is 11.1. The number of hydrogen-bond donors (Lipinski definition) is 0. The van der Waals surface area contributed by atoms with Crippen LogP contribution < -0.4 is 0 Å². The van der Waals surface area contributed by atoms with E-state index in [2.05, 4.69) is 6.92 Å². The summed E-state index contributed by atoms with van der Waals surface area (Å²) >= 11 is 0. The summed E-state index contributed by atoms with van der Waals surface area (Å²) in [4.78, 5) is 0. The summed E-state index contributed by atoms with van der Waals surface area (Å²) in [5.41, 5.74) is 1.47. The molecular weight excluding hydrogens is 362 g/mol. The van der Waals surface area contributed by atoms with Gasteiger partial charge in [-0.25, -0.2) is 8.78 Å². The Balaban J connectivity index is 1.65. The van der Waals surface area contributed by atoms with Crippen LogP contribution in [0.5, 0.6) is 0 Å². The smallest absolute Gasteiger partial charge is 0.183 e. The molecule has 2 aromatic carbocycles. The molecule has 1 aliphatic heterocycles. The van der Waals surface area contributed by atoms with Crippen molar-refractivity contribution in [2.45, 2.75) is 45.0 Å². The molecule has 0 saturated carbocycles. The summed E-state index contributed by atoms with van der Waals surface area (Å²) in [5.74, 6) is -0.794. The van der Waals surface area contributed by atoms with Crippen LogP contribution in [0.25, 0.3) is 0 Å². The van der Waals surface area contributed by atoms with Crippen LogP contribution >= 0.6 is 0 Å². The number of hydrogen-bond acceptors (Lipinski definition) is 3. The first-order chi connectivity index (χ1) is 13.6. The summed E-state index contributed by atoms with van der Waals surface area (Å²) in [7, 11) is 1.44. The maximum absolute atomic E-state index is 14.1. The fraction of sp³-hybridized carbons (Fsp3) is 0.478. The average molecular weight is 390 g/mol. The van der Waals surface area contributed by atoms with Crippen molar-refractivity contribution in [2.24, 2.45) is 5.92 Å². The molecule has 3 nitrogen and oxygen atoms in total. The van der Waals surface area contributed by atoms with Crippen molar-refractivity contribution >= 4 is 0 Å². The van der Waals surface area contributed by atoms with Crippen LogP contribution in [-0.4, -0.2) is 20.3 Å². The maximum Gasteiger partial charge on any atom is 0.183 e. The maximum atomic E-state index is 14.1. The lowest BCUT2D eigenvalue weighted by atomic mass is 9.98. The molecule has 0 radical (unpaired) electrons. The molecule has 2 aromatic rings. The van der Waals surface area contributed by atoms with Gasteiger partial charge in [-0.1, -0.05) is 56.5 Å². The van der Waals surface area contributed by atoms with E-state index < -0.39 is 24.0 Å². The summed E-state index contributed by atoms with van der Waals surface area (Å²) in [6.45, 7) is 3.58. The van der Waals surface area contributed by atoms with E-state index in [1.807, 2.05) is 12.1 Å². The average Bonchev–Trinajstić information content (AvgIpc) is 2.72. The third-order valence-electron chi connectivity index (χ3n) is 5.19. The van der Waals surface area contributed by atoms with Crippen molar-refractivity contribution in [3.8, 4) is 0 Å².